The number of anilines is 1. The summed E-state index contributed by atoms with van der Waals surface area (Å²) in [4.78, 5) is 19.8. The number of pyridine rings is 1. The molecule has 3 heterocycles. The van der Waals surface area contributed by atoms with Crippen LogP contribution < -0.4 is 10.2 Å². The van der Waals surface area contributed by atoms with E-state index in [-0.39, 0.29) is 5.91 Å². The number of aromatic nitrogens is 2. The van der Waals surface area contributed by atoms with Crippen LogP contribution in [-0.2, 0) is 13.0 Å². The van der Waals surface area contributed by atoms with Gasteiger partial charge >= 0.3 is 0 Å². The van der Waals surface area contributed by atoms with Gasteiger partial charge in [-0.05, 0) is 43.0 Å². The number of halogens is 1. The van der Waals surface area contributed by atoms with E-state index >= 15 is 0 Å². The number of benzene rings is 1. The minimum atomic E-state index is -0.120. The van der Waals surface area contributed by atoms with E-state index in [1.54, 1.807) is 22.7 Å². The second-order valence-electron chi connectivity index (χ2n) is 6.88. The van der Waals surface area contributed by atoms with Crippen LogP contribution in [0.3, 0.4) is 0 Å². The number of nitrogens with zero attached hydrogens (tertiary/aromatic N) is 3. The molecule has 1 N–H and O–H groups in total. The smallest absolute Gasteiger partial charge is 0.270 e. The number of nitrogens with one attached hydrogen (secondary N) is 1. The molecular weight excluding hydrogens is 360 g/mol. The number of imidazole rings is 1. The summed E-state index contributed by atoms with van der Waals surface area (Å²) < 4.78 is 1.80. The van der Waals surface area contributed by atoms with Crippen LogP contribution in [0.2, 0.25) is 5.02 Å². The first-order valence-electron chi connectivity index (χ1n) is 9.44. The van der Waals surface area contributed by atoms with Crippen LogP contribution in [0, 0.1) is 0 Å². The lowest BCUT2D eigenvalue weighted by molar-refractivity contribution is 0.0944. The number of carbonyl (C=O) groups excluding carboxylic acids is 1. The first kappa shape index (κ1) is 17.9. The van der Waals surface area contributed by atoms with Gasteiger partial charge in [-0.15, -0.1) is 0 Å². The number of rotatable bonds is 5. The second kappa shape index (κ2) is 7.61. The molecule has 5 nitrogen and oxygen atoms in total. The Hall–Kier alpha value is -2.53. The van der Waals surface area contributed by atoms with Crippen LogP contribution in [0.4, 0.5) is 5.69 Å². The minimum Gasteiger partial charge on any atom is -0.372 e. The zero-order valence-corrected chi connectivity index (χ0v) is 16.2. The predicted octanol–water partition coefficient (Wildman–Crippen LogP) is 4.08. The summed E-state index contributed by atoms with van der Waals surface area (Å²) in [5.41, 5.74) is 4.40. The van der Waals surface area contributed by atoms with E-state index in [0.29, 0.717) is 29.3 Å². The molecule has 1 aromatic carbocycles. The molecule has 1 saturated heterocycles. The number of carbonyl (C=O) groups is 1. The Morgan fingerprint density at radius 2 is 1.93 bits per heavy atom. The molecule has 2 aromatic heterocycles. The lowest BCUT2D eigenvalue weighted by Gasteiger charge is -2.17. The lowest BCUT2D eigenvalue weighted by atomic mass is 10.2. The van der Waals surface area contributed by atoms with Gasteiger partial charge in [-0.25, -0.2) is 4.98 Å². The molecule has 0 spiro atoms. The van der Waals surface area contributed by atoms with Gasteiger partial charge in [0.2, 0.25) is 0 Å². The van der Waals surface area contributed by atoms with Gasteiger partial charge in [-0.1, -0.05) is 30.7 Å². The van der Waals surface area contributed by atoms with E-state index in [1.165, 1.54) is 18.5 Å². The predicted molar refractivity (Wildman–Crippen MR) is 109 cm³/mol. The Balaban J connectivity index is 1.48. The quantitative estimate of drug-likeness (QED) is 0.723. The summed E-state index contributed by atoms with van der Waals surface area (Å²) in [5.74, 6) is -0.120. The first-order chi connectivity index (χ1) is 13.2. The van der Waals surface area contributed by atoms with Crippen molar-refractivity contribution in [3.8, 4) is 0 Å². The Morgan fingerprint density at radius 1 is 1.19 bits per heavy atom. The van der Waals surface area contributed by atoms with Crippen molar-refractivity contribution < 1.29 is 4.79 Å². The standard InChI is InChI=1S/C21H23ClN4O/c1-2-18-20(26-12-9-16(22)13-19(26)24-18)21(27)23-14-15-5-7-17(8-6-15)25-10-3-4-11-25/h5-9,12-13H,2-4,10-11,14H2,1H3,(H,23,27). The molecule has 140 valence electrons. The molecule has 6 heteroatoms. The van der Waals surface area contributed by atoms with Gasteiger partial charge in [0.05, 0.1) is 5.69 Å². The van der Waals surface area contributed by atoms with Crippen molar-refractivity contribution in [1.29, 1.82) is 0 Å². The number of amides is 1. The highest BCUT2D eigenvalue weighted by molar-refractivity contribution is 6.30. The molecule has 1 fully saturated rings. The molecule has 1 aliphatic heterocycles. The Labute approximate surface area is 164 Å². The zero-order chi connectivity index (χ0) is 18.8. The normalized spacial score (nSPS) is 14.1. The highest BCUT2D eigenvalue weighted by Gasteiger charge is 2.18. The van der Waals surface area contributed by atoms with Gasteiger partial charge in [0, 0.05) is 42.6 Å². The minimum absolute atomic E-state index is 0.120. The number of aryl methyl sites for hydroxylation is 1. The maximum absolute atomic E-state index is 12.8. The average Bonchev–Trinajstić information content (AvgIpc) is 3.33. The highest BCUT2D eigenvalue weighted by atomic mass is 35.5. The number of hydrogen-bond donors (Lipinski definition) is 1. The van der Waals surface area contributed by atoms with E-state index in [1.807, 2.05) is 6.92 Å². The van der Waals surface area contributed by atoms with Gasteiger partial charge in [0.15, 0.2) is 0 Å². The second-order valence-corrected chi connectivity index (χ2v) is 7.31. The van der Waals surface area contributed by atoms with Crippen molar-refractivity contribution in [1.82, 2.24) is 14.7 Å². The van der Waals surface area contributed by atoms with Crippen LogP contribution in [0.1, 0.15) is 41.5 Å². The van der Waals surface area contributed by atoms with Crippen molar-refractivity contribution in [2.24, 2.45) is 0 Å². The van der Waals surface area contributed by atoms with Crippen molar-refractivity contribution in [3.63, 3.8) is 0 Å². The summed E-state index contributed by atoms with van der Waals surface area (Å²) in [6, 6.07) is 12.0. The van der Waals surface area contributed by atoms with Gasteiger partial charge in [0.1, 0.15) is 11.3 Å². The highest BCUT2D eigenvalue weighted by Crippen LogP contribution is 2.21. The maximum Gasteiger partial charge on any atom is 0.270 e. The summed E-state index contributed by atoms with van der Waals surface area (Å²) in [6.07, 6.45) is 5.01. The molecule has 0 radical (unpaired) electrons. The van der Waals surface area contributed by atoms with Crippen LogP contribution in [-0.4, -0.2) is 28.4 Å². The molecule has 1 aliphatic rings. The van der Waals surface area contributed by atoms with Crippen LogP contribution >= 0.6 is 11.6 Å². The molecule has 0 atom stereocenters. The van der Waals surface area contributed by atoms with Crippen molar-refractivity contribution in [3.05, 3.63) is 64.6 Å². The summed E-state index contributed by atoms with van der Waals surface area (Å²) in [6.45, 7) is 4.75. The SMILES string of the molecule is CCc1nc2cc(Cl)ccn2c1C(=O)NCc1ccc(N2CCCC2)cc1. The fourth-order valence-corrected chi connectivity index (χ4v) is 3.78. The van der Waals surface area contributed by atoms with Crippen molar-refractivity contribution >= 4 is 28.8 Å². The molecule has 3 aromatic rings. The molecule has 27 heavy (non-hydrogen) atoms. The van der Waals surface area contributed by atoms with Gasteiger partial charge in [0.25, 0.3) is 5.91 Å². The fraction of sp³-hybridized carbons (Fsp3) is 0.333. The van der Waals surface area contributed by atoms with E-state index in [9.17, 15) is 4.79 Å². The van der Waals surface area contributed by atoms with E-state index in [2.05, 4.69) is 39.5 Å². The molecule has 4 rings (SSSR count). The fourth-order valence-electron chi connectivity index (χ4n) is 3.62. The third-order valence-corrected chi connectivity index (χ3v) is 5.31. The lowest BCUT2D eigenvalue weighted by Crippen LogP contribution is -2.25. The Kier molecular flexibility index (Phi) is 5.03. The zero-order valence-electron chi connectivity index (χ0n) is 15.4. The van der Waals surface area contributed by atoms with E-state index in [4.69, 9.17) is 11.6 Å². The molecule has 1 amide bonds. The molecule has 0 bridgehead atoms. The van der Waals surface area contributed by atoms with E-state index in [0.717, 1.165) is 24.3 Å². The monoisotopic (exact) mass is 382 g/mol. The van der Waals surface area contributed by atoms with Crippen LogP contribution in [0.5, 0.6) is 0 Å². The summed E-state index contributed by atoms with van der Waals surface area (Å²) >= 11 is 6.05. The van der Waals surface area contributed by atoms with Crippen molar-refractivity contribution in [2.45, 2.75) is 32.7 Å². The third-order valence-electron chi connectivity index (χ3n) is 5.07. The van der Waals surface area contributed by atoms with Crippen LogP contribution in [0.25, 0.3) is 5.65 Å². The van der Waals surface area contributed by atoms with Gasteiger partial charge in [-0.3, -0.25) is 9.20 Å². The maximum atomic E-state index is 12.8. The molecular formula is C21H23ClN4O. The number of hydrogen-bond acceptors (Lipinski definition) is 3. The summed E-state index contributed by atoms with van der Waals surface area (Å²) in [5, 5.41) is 3.64. The number of fused-ring (bicyclic) bond motifs is 1. The molecule has 0 aliphatic carbocycles. The first-order valence-corrected chi connectivity index (χ1v) is 9.82. The van der Waals surface area contributed by atoms with Crippen molar-refractivity contribution in [2.75, 3.05) is 18.0 Å². The molecule has 0 saturated carbocycles. The van der Waals surface area contributed by atoms with E-state index < -0.39 is 0 Å². The average molecular weight is 383 g/mol. The Morgan fingerprint density at radius 3 is 2.63 bits per heavy atom. The summed E-state index contributed by atoms with van der Waals surface area (Å²) in [7, 11) is 0. The topological polar surface area (TPSA) is 49.6 Å². The Bertz CT molecular complexity index is 958. The molecule has 0 unspecified atom stereocenters. The largest absolute Gasteiger partial charge is 0.372 e. The van der Waals surface area contributed by atoms with Crippen LogP contribution in [0.15, 0.2) is 42.6 Å². The third kappa shape index (κ3) is 3.65. The van der Waals surface area contributed by atoms with Gasteiger partial charge in [-0.2, -0.15) is 0 Å². The van der Waals surface area contributed by atoms with Gasteiger partial charge < -0.3 is 10.2 Å².